The van der Waals surface area contributed by atoms with Crippen LogP contribution in [-0.4, -0.2) is 42.5 Å². The smallest absolute Gasteiger partial charge is 0.321 e. The van der Waals surface area contributed by atoms with E-state index in [0.29, 0.717) is 6.01 Å². The second-order valence-electron chi connectivity index (χ2n) is 4.89. The molecule has 0 aliphatic carbocycles. The third kappa shape index (κ3) is 4.74. The molecule has 2 aromatic heterocycles. The number of hydrogen-bond donors (Lipinski definition) is 1. The highest BCUT2D eigenvalue weighted by molar-refractivity contribution is 7.99. The van der Waals surface area contributed by atoms with Gasteiger partial charge in [0.25, 0.3) is 0 Å². The van der Waals surface area contributed by atoms with Crippen molar-refractivity contribution in [3.05, 3.63) is 48.3 Å². The van der Waals surface area contributed by atoms with Crippen molar-refractivity contribution < 1.29 is 4.74 Å². The zero-order chi connectivity index (χ0) is 16.6. The van der Waals surface area contributed by atoms with E-state index in [9.17, 15) is 0 Å². The number of thioether (sulfide) groups is 1. The summed E-state index contributed by atoms with van der Waals surface area (Å²) in [4.78, 5) is 8.10. The fraction of sp³-hybridized carbons (Fsp3) is 0.267. The predicted molar refractivity (Wildman–Crippen MR) is 89.8 cm³/mol. The first kappa shape index (κ1) is 16.3. The fourth-order valence-electron chi connectivity index (χ4n) is 1.95. The van der Waals surface area contributed by atoms with Crippen molar-refractivity contribution in [2.75, 3.05) is 12.3 Å². The van der Waals surface area contributed by atoms with E-state index in [2.05, 4.69) is 30.8 Å². The molecule has 0 atom stereocenters. The van der Waals surface area contributed by atoms with Gasteiger partial charge in [-0.05, 0) is 34.2 Å². The number of aromatic nitrogens is 6. The standard InChI is InChI=1S/C15H17N7OS/c1-22-15(19-20-21-22)24-9-8-16-11-12-4-2-5-13(10-12)23-14-17-6-3-7-18-14/h2-7,10,16H,8-9,11H2,1H3. The van der Waals surface area contributed by atoms with Gasteiger partial charge in [0.15, 0.2) is 0 Å². The number of aryl methyl sites for hydroxylation is 1. The normalized spacial score (nSPS) is 10.7. The zero-order valence-electron chi connectivity index (χ0n) is 13.2. The molecule has 124 valence electrons. The van der Waals surface area contributed by atoms with Gasteiger partial charge in [-0.2, -0.15) is 0 Å². The largest absolute Gasteiger partial charge is 0.424 e. The predicted octanol–water partition coefficient (Wildman–Crippen LogP) is 1.67. The van der Waals surface area contributed by atoms with Crippen molar-refractivity contribution in [2.45, 2.75) is 11.7 Å². The minimum Gasteiger partial charge on any atom is -0.424 e. The molecule has 0 aliphatic heterocycles. The Bertz CT molecular complexity index is 765. The maximum atomic E-state index is 5.63. The Morgan fingerprint density at radius 3 is 2.88 bits per heavy atom. The second kappa shape index (κ2) is 8.37. The molecule has 1 N–H and O–H groups in total. The van der Waals surface area contributed by atoms with E-state index in [1.165, 1.54) is 0 Å². The van der Waals surface area contributed by atoms with Crippen LogP contribution in [0.5, 0.6) is 11.8 Å². The lowest BCUT2D eigenvalue weighted by molar-refractivity contribution is 0.441. The minimum absolute atomic E-state index is 0.344. The van der Waals surface area contributed by atoms with E-state index in [4.69, 9.17) is 4.74 Å². The Morgan fingerprint density at radius 2 is 2.08 bits per heavy atom. The minimum atomic E-state index is 0.344. The number of nitrogens with one attached hydrogen (secondary N) is 1. The van der Waals surface area contributed by atoms with Crippen LogP contribution in [0.2, 0.25) is 0 Å². The van der Waals surface area contributed by atoms with Gasteiger partial charge >= 0.3 is 6.01 Å². The Balaban J connectivity index is 1.44. The highest BCUT2D eigenvalue weighted by Crippen LogP contribution is 2.18. The van der Waals surface area contributed by atoms with Gasteiger partial charge < -0.3 is 10.1 Å². The lowest BCUT2D eigenvalue weighted by atomic mass is 10.2. The summed E-state index contributed by atoms with van der Waals surface area (Å²) < 4.78 is 7.29. The Morgan fingerprint density at radius 1 is 1.21 bits per heavy atom. The molecule has 0 fully saturated rings. The maximum Gasteiger partial charge on any atom is 0.321 e. The molecule has 2 heterocycles. The number of benzene rings is 1. The van der Waals surface area contributed by atoms with Crippen LogP contribution in [0.4, 0.5) is 0 Å². The van der Waals surface area contributed by atoms with E-state index in [-0.39, 0.29) is 0 Å². The monoisotopic (exact) mass is 343 g/mol. The van der Waals surface area contributed by atoms with Crippen LogP contribution in [0, 0.1) is 0 Å². The molecule has 8 nitrogen and oxygen atoms in total. The first-order valence-corrected chi connectivity index (χ1v) is 8.39. The average molecular weight is 343 g/mol. The lowest BCUT2D eigenvalue weighted by Gasteiger charge is -2.07. The van der Waals surface area contributed by atoms with Gasteiger partial charge in [-0.3, -0.25) is 0 Å². The van der Waals surface area contributed by atoms with Gasteiger partial charge in [-0.15, -0.1) is 5.10 Å². The molecule has 9 heteroatoms. The van der Waals surface area contributed by atoms with E-state index < -0.39 is 0 Å². The van der Waals surface area contributed by atoms with Crippen LogP contribution < -0.4 is 10.1 Å². The summed E-state index contributed by atoms with van der Waals surface area (Å²) in [6.45, 7) is 1.61. The highest BCUT2D eigenvalue weighted by Gasteiger charge is 2.03. The summed E-state index contributed by atoms with van der Waals surface area (Å²) in [6.07, 6.45) is 3.30. The highest BCUT2D eigenvalue weighted by atomic mass is 32.2. The van der Waals surface area contributed by atoms with Gasteiger partial charge in [0.05, 0.1) is 0 Å². The fourth-order valence-corrected chi connectivity index (χ4v) is 2.70. The van der Waals surface area contributed by atoms with Gasteiger partial charge in [-0.25, -0.2) is 14.6 Å². The quantitative estimate of drug-likeness (QED) is 0.488. The Hall–Kier alpha value is -2.52. The van der Waals surface area contributed by atoms with Crippen LogP contribution in [0.1, 0.15) is 5.56 Å². The van der Waals surface area contributed by atoms with Crippen molar-refractivity contribution in [3.8, 4) is 11.8 Å². The molecule has 0 spiro atoms. The Labute approximate surface area is 143 Å². The first-order chi connectivity index (χ1) is 11.8. The molecular weight excluding hydrogens is 326 g/mol. The van der Waals surface area contributed by atoms with E-state index in [1.807, 2.05) is 31.3 Å². The first-order valence-electron chi connectivity index (χ1n) is 7.41. The lowest BCUT2D eigenvalue weighted by Crippen LogP contribution is -2.16. The number of nitrogens with zero attached hydrogens (tertiary/aromatic N) is 6. The summed E-state index contributed by atoms with van der Waals surface area (Å²) in [5, 5.41) is 15.5. The van der Waals surface area contributed by atoms with Crippen LogP contribution in [-0.2, 0) is 13.6 Å². The maximum absolute atomic E-state index is 5.63. The zero-order valence-corrected chi connectivity index (χ0v) is 14.0. The summed E-state index contributed by atoms with van der Waals surface area (Å²) >= 11 is 1.62. The van der Waals surface area contributed by atoms with Crippen LogP contribution in [0.25, 0.3) is 0 Å². The van der Waals surface area contributed by atoms with Gasteiger partial charge in [0.2, 0.25) is 5.16 Å². The van der Waals surface area contributed by atoms with E-state index in [1.54, 1.807) is 34.9 Å². The van der Waals surface area contributed by atoms with Crippen LogP contribution >= 0.6 is 11.8 Å². The van der Waals surface area contributed by atoms with Crippen molar-refractivity contribution in [2.24, 2.45) is 7.05 Å². The molecule has 0 radical (unpaired) electrons. The molecule has 0 unspecified atom stereocenters. The van der Waals surface area contributed by atoms with E-state index in [0.717, 1.165) is 35.3 Å². The van der Waals surface area contributed by atoms with Gasteiger partial charge in [0.1, 0.15) is 5.75 Å². The Kier molecular flexibility index (Phi) is 5.70. The third-order valence-electron chi connectivity index (χ3n) is 3.07. The molecule has 0 saturated heterocycles. The molecule has 0 bridgehead atoms. The van der Waals surface area contributed by atoms with Crippen LogP contribution in [0.15, 0.2) is 47.9 Å². The molecule has 3 aromatic rings. The van der Waals surface area contributed by atoms with Crippen molar-refractivity contribution >= 4 is 11.8 Å². The van der Waals surface area contributed by atoms with Gasteiger partial charge in [0, 0.05) is 38.3 Å². The molecule has 1 aromatic carbocycles. The average Bonchev–Trinajstić information content (AvgIpc) is 3.01. The number of tetrazole rings is 1. The summed E-state index contributed by atoms with van der Waals surface area (Å²) in [7, 11) is 1.83. The SMILES string of the molecule is Cn1nnnc1SCCNCc1cccc(Oc2ncccn2)c1. The molecule has 0 aliphatic rings. The van der Waals surface area contributed by atoms with Crippen LogP contribution in [0.3, 0.4) is 0 Å². The third-order valence-corrected chi connectivity index (χ3v) is 4.08. The molecule has 0 amide bonds. The molecule has 24 heavy (non-hydrogen) atoms. The van der Waals surface area contributed by atoms with Crippen molar-refractivity contribution in [1.29, 1.82) is 0 Å². The van der Waals surface area contributed by atoms with E-state index >= 15 is 0 Å². The molecular formula is C15H17N7OS. The topological polar surface area (TPSA) is 90.6 Å². The molecule has 3 rings (SSSR count). The second-order valence-corrected chi connectivity index (χ2v) is 5.95. The van der Waals surface area contributed by atoms with Crippen molar-refractivity contribution in [1.82, 2.24) is 35.5 Å². The number of ether oxygens (including phenoxy) is 1. The van der Waals surface area contributed by atoms with Gasteiger partial charge in [-0.1, -0.05) is 23.9 Å². The number of hydrogen-bond acceptors (Lipinski definition) is 8. The van der Waals surface area contributed by atoms with Crippen molar-refractivity contribution in [3.63, 3.8) is 0 Å². The summed E-state index contributed by atoms with van der Waals surface area (Å²) in [5.74, 6) is 1.61. The number of rotatable bonds is 8. The summed E-state index contributed by atoms with van der Waals surface area (Å²) in [6, 6.07) is 9.96. The summed E-state index contributed by atoms with van der Waals surface area (Å²) in [5.41, 5.74) is 1.13. The molecule has 0 saturated carbocycles.